The van der Waals surface area contributed by atoms with E-state index in [9.17, 15) is 4.79 Å². The van der Waals surface area contributed by atoms with Gasteiger partial charge in [-0.2, -0.15) is 0 Å². The van der Waals surface area contributed by atoms with Crippen LogP contribution in [0.5, 0.6) is 0 Å². The lowest BCUT2D eigenvalue weighted by atomic mass is 9.98. The fourth-order valence-corrected chi connectivity index (χ4v) is 1.92. The number of benzene rings is 1. The Hall–Kier alpha value is -1.84. The minimum atomic E-state index is -0.594. The van der Waals surface area contributed by atoms with Crippen molar-refractivity contribution in [3.8, 4) is 0 Å². The molecule has 1 aromatic carbocycles. The summed E-state index contributed by atoms with van der Waals surface area (Å²) in [6.07, 6.45) is 0.201. The molecule has 2 unspecified atom stereocenters. The van der Waals surface area contributed by atoms with E-state index in [-0.39, 0.29) is 18.5 Å². The molecule has 0 spiro atoms. The number of oxime groups is 1. The van der Waals surface area contributed by atoms with Crippen LogP contribution in [0, 0.1) is 5.92 Å². The zero-order chi connectivity index (χ0) is 13.0. The van der Waals surface area contributed by atoms with Crippen molar-refractivity contribution >= 4 is 11.7 Å². The number of esters is 1. The SMILES string of the molecule is CCC1=NOC(C(=O)OCc2ccccc2)C1C. The third kappa shape index (κ3) is 2.70. The Balaban J connectivity index is 1.87. The maximum atomic E-state index is 11.9. The Morgan fingerprint density at radius 2 is 2.11 bits per heavy atom. The number of carbonyl (C=O) groups excluding carboxylic acids is 1. The van der Waals surface area contributed by atoms with Crippen LogP contribution in [0.3, 0.4) is 0 Å². The second-order valence-electron chi connectivity index (χ2n) is 4.34. The summed E-state index contributed by atoms with van der Waals surface area (Å²) < 4.78 is 5.24. The van der Waals surface area contributed by atoms with Crippen molar-refractivity contribution in [1.82, 2.24) is 0 Å². The zero-order valence-electron chi connectivity index (χ0n) is 10.6. The number of carbonyl (C=O) groups is 1. The third-order valence-corrected chi connectivity index (χ3v) is 3.08. The molecule has 18 heavy (non-hydrogen) atoms. The van der Waals surface area contributed by atoms with E-state index in [0.29, 0.717) is 0 Å². The van der Waals surface area contributed by atoms with Gasteiger partial charge < -0.3 is 9.57 Å². The van der Waals surface area contributed by atoms with Gasteiger partial charge in [-0.05, 0) is 12.0 Å². The lowest BCUT2D eigenvalue weighted by Crippen LogP contribution is -2.30. The van der Waals surface area contributed by atoms with Gasteiger partial charge in [0.25, 0.3) is 0 Å². The molecule has 0 bridgehead atoms. The van der Waals surface area contributed by atoms with Gasteiger partial charge in [-0.3, -0.25) is 0 Å². The molecule has 1 aromatic rings. The Bertz CT molecular complexity index is 442. The lowest BCUT2D eigenvalue weighted by molar-refractivity contribution is -0.158. The van der Waals surface area contributed by atoms with Crippen LogP contribution in [0.25, 0.3) is 0 Å². The average molecular weight is 247 g/mol. The summed E-state index contributed by atoms with van der Waals surface area (Å²) in [5.74, 6) is -0.350. The molecule has 1 aliphatic heterocycles. The summed E-state index contributed by atoms with van der Waals surface area (Å²) in [7, 11) is 0. The quantitative estimate of drug-likeness (QED) is 0.768. The summed E-state index contributed by atoms with van der Waals surface area (Å²) in [6.45, 7) is 4.20. The number of hydrogen-bond acceptors (Lipinski definition) is 4. The van der Waals surface area contributed by atoms with Crippen LogP contribution in [-0.2, 0) is 21.0 Å². The first kappa shape index (κ1) is 12.6. The van der Waals surface area contributed by atoms with Crippen LogP contribution in [-0.4, -0.2) is 17.8 Å². The van der Waals surface area contributed by atoms with Crippen molar-refractivity contribution in [3.05, 3.63) is 35.9 Å². The van der Waals surface area contributed by atoms with Crippen LogP contribution < -0.4 is 0 Å². The van der Waals surface area contributed by atoms with Crippen LogP contribution in [0.2, 0.25) is 0 Å². The highest BCUT2D eigenvalue weighted by Gasteiger charge is 2.36. The van der Waals surface area contributed by atoms with Crippen molar-refractivity contribution in [2.75, 3.05) is 0 Å². The Labute approximate surface area is 107 Å². The third-order valence-electron chi connectivity index (χ3n) is 3.08. The Kier molecular flexibility index (Phi) is 3.97. The van der Waals surface area contributed by atoms with Gasteiger partial charge in [0, 0.05) is 5.92 Å². The van der Waals surface area contributed by atoms with Gasteiger partial charge in [0.15, 0.2) is 0 Å². The molecule has 4 nitrogen and oxygen atoms in total. The zero-order valence-corrected chi connectivity index (χ0v) is 10.6. The molecule has 2 atom stereocenters. The van der Waals surface area contributed by atoms with Gasteiger partial charge in [0.2, 0.25) is 6.10 Å². The summed E-state index contributed by atoms with van der Waals surface area (Å²) >= 11 is 0. The molecule has 0 saturated heterocycles. The summed E-state index contributed by atoms with van der Waals surface area (Å²) in [5.41, 5.74) is 1.88. The van der Waals surface area contributed by atoms with Crippen LogP contribution in [0.15, 0.2) is 35.5 Å². The fraction of sp³-hybridized carbons (Fsp3) is 0.429. The molecule has 0 fully saturated rings. The smallest absolute Gasteiger partial charge is 0.351 e. The van der Waals surface area contributed by atoms with Crippen LogP contribution >= 0.6 is 0 Å². The largest absolute Gasteiger partial charge is 0.458 e. The highest BCUT2D eigenvalue weighted by Crippen LogP contribution is 2.21. The van der Waals surface area contributed by atoms with E-state index in [1.807, 2.05) is 44.2 Å². The predicted molar refractivity (Wildman–Crippen MR) is 68.0 cm³/mol. The monoisotopic (exact) mass is 247 g/mol. The minimum absolute atomic E-state index is 0.00160. The normalized spacial score (nSPS) is 22.2. The first-order valence-corrected chi connectivity index (χ1v) is 6.15. The van der Waals surface area contributed by atoms with Gasteiger partial charge in [0.05, 0.1) is 5.71 Å². The van der Waals surface area contributed by atoms with Gasteiger partial charge >= 0.3 is 5.97 Å². The standard InChI is InChI=1S/C14H17NO3/c1-3-12-10(2)13(18-15-12)14(16)17-9-11-7-5-4-6-8-11/h4-8,10,13H,3,9H2,1-2H3. The Morgan fingerprint density at radius 1 is 1.39 bits per heavy atom. The molecule has 0 aliphatic carbocycles. The predicted octanol–water partition coefficient (Wildman–Crippen LogP) is 2.53. The fourth-order valence-electron chi connectivity index (χ4n) is 1.92. The number of nitrogens with zero attached hydrogens (tertiary/aromatic N) is 1. The topological polar surface area (TPSA) is 47.9 Å². The van der Waals surface area contributed by atoms with Crippen LogP contribution in [0.4, 0.5) is 0 Å². The number of rotatable bonds is 4. The average Bonchev–Trinajstić information content (AvgIpc) is 2.78. The summed E-state index contributed by atoms with van der Waals surface area (Å²) in [4.78, 5) is 17.0. The highest BCUT2D eigenvalue weighted by atomic mass is 16.7. The maximum Gasteiger partial charge on any atom is 0.351 e. The van der Waals surface area contributed by atoms with Gasteiger partial charge in [-0.1, -0.05) is 49.3 Å². The molecule has 0 N–H and O–H groups in total. The molecule has 1 aliphatic rings. The molecule has 2 rings (SSSR count). The molecular weight excluding hydrogens is 230 g/mol. The first-order valence-electron chi connectivity index (χ1n) is 6.15. The van der Waals surface area contributed by atoms with Gasteiger partial charge in [-0.15, -0.1) is 0 Å². The van der Waals surface area contributed by atoms with Crippen molar-refractivity contribution in [2.24, 2.45) is 11.1 Å². The molecule has 96 valence electrons. The van der Waals surface area contributed by atoms with Crippen molar-refractivity contribution in [3.63, 3.8) is 0 Å². The van der Waals surface area contributed by atoms with Crippen molar-refractivity contribution < 1.29 is 14.4 Å². The molecular formula is C14H17NO3. The van der Waals surface area contributed by atoms with E-state index in [4.69, 9.17) is 9.57 Å². The lowest BCUT2D eigenvalue weighted by Gasteiger charge is -2.13. The van der Waals surface area contributed by atoms with E-state index in [1.54, 1.807) is 0 Å². The molecule has 0 radical (unpaired) electrons. The summed E-state index contributed by atoms with van der Waals surface area (Å²) in [5, 5.41) is 3.91. The molecule has 0 amide bonds. The van der Waals surface area contributed by atoms with Crippen LogP contribution in [0.1, 0.15) is 25.8 Å². The van der Waals surface area contributed by atoms with Gasteiger partial charge in [0.1, 0.15) is 6.61 Å². The molecule has 0 aromatic heterocycles. The molecule has 1 heterocycles. The minimum Gasteiger partial charge on any atom is -0.458 e. The second-order valence-corrected chi connectivity index (χ2v) is 4.34. The Morgan fingerprint density at radius 3 is 2.72 bits per heavy atom. The molecule has 0 saturated carbocycles. The van der Waals surface area contributed by atoms with Crippen molar-refractivity contribution in [1.29, 1.82) is 0 Å². The number of hydrogen-bond donors (Lipinski definition) is 0. The molecule has 4 heteroatoms. The van der Waals surface area contributed by atoms with E-state index < -0.39 is 6.10 Å². The summed E-state index contributed by atoms with van der Waals surface area (Å²) in [6, 6.07) is 9.58. The number of ether oxygens (including phenoxy) is 1. The maximum absolute atomic E-state index is 11.9. The second kappa shape index (κ2) is 5.67. The van der Waals surface area contributed by atoms with Gasteiger partial charge in [-0.25, -0.2) is 4.79 Å². The van der Waals surface area contributed by atoms with E-state index in [2.05, 4.69) is 5.16 Å². The first-order chi connectivity index (χ1) is 8.72. The van der Waals surface area contributed by atoms with Crippen molar-refractivity contribution in [2.45, 2.75) is 33.0 Å². The van der Waals surface area contributed by atoms with E-state index in [1.165, 1.54) is 0 Å². The van der Waals surface area contributed by atoms with E-state index in [0.717, 1.165) is 17.7 Å². The highest BCUT2D eigenvalue weighted by molar-refractivity contribution is 5.92. The van der Waals surface area contributed by atoms with E-state index >= 15 is 0 Å².